The molecule has 2 N–H and O–H groups in total. The second-order valence-electron chi connectivity index (χ2n) is 5.39. The van der Waals surface area contributed by atoms with Crippen LogP contribution in [0.5, 0.6) is 0 Å². The SMILES string of the molecule is O=C(O)[C@H](Cc1ccccc1)N(C(=O)CCS)C(=O)C1CSCN1. The zero-order valence-corrected chi connectivity index (χ0v) is 14.8. The Hall–Kier alpha value is -1.51. The molecule has 1 unspecified atom stereocenters. The summed E-state index contributed by atoms with van der Waals surface area (Å²) in [6, 6.07) is 7.23. The minimum Gasteiger partial charge on any atom is -0.480 e. The van der Waals surface area contributed by atoms with Crippen LogP contribution in [0.15, 0.2) is 30.3 Å². The number of thioether (sulfide) groups is 1. The highest BCUT2D eigenvalue weighted by Gasteiger charge is 2.38. The summed E-state index contributed by atoms with van der Waals surface area (Å²) in [5, 5.41) is 12.6. The predicted octanol–water partition coefficient (Wildman–Crippen LogP) is 1.02. The van der Waals surface area contributed by atoms with E-state index in [1.165, 1.54) is 0 Å². The largest absolute Gasteiger partial charge is 0.480 e. The Labute approximate surface area is 150 Å². The molecule has 130 valence electrons. The van der Waals surface area contributed by atoms with Gasteiger partial charge in [0.05, 0.1) is 6.04 Å². The quantitative estimate of drug-likeness (QED) is 0.623. The molecule has 2 rings (SSSR count). The average molecular weight is 368 g/mol. The molecule has 2 amide bonds. The second-order valence-corrected chi connectivity index (χ2v) is 6.87. The van der Waals surface area contributed by atoms with Crippen LogP contribution in [0.2, 0.25) is 0 Å². The van der Waals surface area contributed by atoms with Gasteiger partial charge < -0.3 is 5.11 Å². The van der Waals surface area contributed by atoms with E-state index >= 15 is 0 Å². The molecular formula is C16H20N2O4S2. The van der Waals surface area contributed by atoms with Crippen LogP contribution in [-0.4, -0.2) is 57.3 Å². The molecule has 0 saturated carbocycles. The van der Waals surface area contributed by atoms with Crippen molar-refractivity contribution in [2.24, 2.45) is 0 Å². The molecule has 1 aliphatic rings. The van der Waals surface area contributed by atoms with Crippen molar-refractivity contribution in [2.75, 3.05) is 17.4 Å². The van der Waals surface area contributed by atoms with Gasteiger partial charge in [0.1, 0.15) is 6.04 Å². The first-order valence-corrected chi connectivity index (χ1v) is 9.38. The van der Waals surface area contributed by atoms with Crippen molar-refractivity contribution in [3.05, 3.63) is 35.9 Å². The van der Waals surface area contributed by atoms with E-state index in [1.54, 1.807) is 36.0 Å². The number of nitrogens with one attached hydrogen (secondary N) is 1. The second kappa shape index (κ2) is 9.10. The fraction of sp³-hybridized carbons (Fsp3) is 0.438. The van der Waals surface area contributed by atoms with Gasteiger partial charge >= 0.3 is 5.97 Å². The number of hydrogen-bond donors (Lipinski definition) is 3. The molecule has 8 heteroatoms. The van der Waals surface area contributed by atoms with Crippen molar-refractivity contribution in [3.8, 4) is 0 Å². The minimum absolute atomic E-state index is 0.0211. The summed E-state index contributed by atoms with van der Waals surface area (Å²) < 4.78 is 0. The molecular weight excluding hydrogens is 348 g/mol. The Morgan fingerprint density at radius 1 is 1.33 bits per heavy atom. The van der Waals surface area contributed by atoms with Crippen molar-refractivity contribution in [3.63, 3.8) is 0 Å². The van der Waals surface area contributed by atoms with Gasteiger partial charge in [0.2, 0.25) is 11.8 Å². The summed E-state index contributed by atoms with van der Waals surface area (Å²) in [6.45, 7) is 0. The summed E-state index contributed by atoms with van der Waals surface area (Å²) in [7, 11) is 0. The lowest BCUT2D eigenvalue weighted by molar-refractivity contribution is -0.158. The van der Waals surface area contributed by atoms with Crippen LogP contribution in [0.25, 0.3) is 0 Å². The van der Waals surface area contributed by atoms with Gasteiger partial charge in [-0.3, -0.25) is 19.8 Å². The topological polar surface area (TPSA) is 86.7 Å². The molecule has 1 heterocycles. The lowest BCUT2D eigenvalue weighted by Gasteiger charge is -2.29. The number of carbonyl (C=O) groups is 3. The van der Waals surface area contributed by atoms with E-state index in [9.17, 15) is 19.5 Å². The van der Waals surface area contributed by atoms with E-state index in [0.717, 1.165) is 10.5 Å². The molecule has 0 radical (unpaired) electrons. The van der Waals surface area contributed by atoms with Crippen molar-refractivity contribution in [1.29, 1.82) is 0 Å². The van der Waals surface area contributed by atoms with Gasteiger partial charge in [-0.2, -0.15) is 12.6 Å². The molecule has 1 aliphatic heterocycles. The van der Waals surface area contributed by atoms with Crippen molar-refractivity contribution in [2.45, 2.75) is 24.9 Å². The molecule has 24 heavy (non-hydrogen) atoms. The summed E-state index contributed by atoms with van der Waals surface area (Å²) >= 11 is 5.57. The molecule has 1 aromatic carbocycles. The Balaban J connectivity index is 2.27. The van der Waals surface area contributed by atoms with E-state index in [2.05, 4.69) is 17.9 Å². The van der Waals surface area contributed by atoms with Crippen molar-refractivity contribution >= 4 is 42.2 Å². The Bertz CT molecular complexity index is 591. The molecule has 1 fully saturated rings. The fourth-order valence-electron chi connectivity index (χ4n) is 2.51. The van der Waals surface area contributed by atoms with Crippen LogP contribution in [0, 0.1) is 0 Å². The van der Waals surface area contributed by atoms with Gasteiger partial charge in [0, 0.05) is 24.5 Å². The third kappa shape index (κ3) is 4.75. The Kier molecular flexibility index (Phi) is 7.14. The molecule has 0 aliphatic carbocycles. The standard InChI is InChI=1S/C16H20N2O4S2/c19-14(6-7-23)18(15(20)12-9-24-10-17-12)13(16(21)22)8-11-4-2-1-3-5-11/h1-5,12-13,17,23H,6-10H2,(H,21,22)/t12?,13-/m0/s1. The lowest BCUT2D eigenvalue weighted by atomic mass is 10.0. The van der Waals surface area contributed by atoms with Gasteiger partial charge in [-0.15, -0.1) is 11.8 Å². The number of nitrogens with zero attached hydrogens (tertiary/aromatic N) is 1. The van der Waals surface area contributed by atoms with Gasteiger partial charge in [-0.05, 0) is 11.3 Å². The van der Waals surface area contributed by atoms with Crippen LogP contribution in [0.3, 0.4) is 0 Å². The molecule has 0 spiro atoms. The number of carboxylic acid groups (broad SMARTS) is 1. The van der Waals surface area contributed by atoms with Gasteiger partial charge in [-0.25, -0.2) is 4.79 Å². The zero-order valence-electron chi connectivity index (χ0n) is 13.1. The van der Waals surface area contributed by atoms with E-state index in [4.69, 9.17) is 0 Å². The number of hydrogen-bond acceptors (Lipinski definition) is 6. The molecule has 1 saturated heterocycles. The van der Waals surface area contributed by atoms with Crippen molar-refractivity contribution < 1.29 is 19.5 Å². The first-order valence-electron chi connectivity index (χ1n) is 7.59. The fourth-order valence-corrected chi connectivity index (χ4v) is 3.64. The van der Waals surface area contributed by atoms with Crippen LogP contribution in [0.4, 0.5) is 0 Å². The van der Waals surface area contributed by atoms with Gasteiger partial charge in [-0.1, -0.05) is 30.3 Å². The number of carbonyl (C=O) groups excluding carboxylic acids is 2. The van der Waals surface area contributed by atoms with Crippen LogP contribution in [-0.2, 0) is 20.8 Å². The average Bonchev–Trinajstić information content (AvgIpc) is 3.09. The highest BCUT2D eigenvalue weighted by molar-refractivity contribution is 7.99. The summed E-state index contributed by atoms with van der Waals surface area (Å²) in [6.07, 6.45) is 0.105. The lowest BCUT2D eigenvalue weighted by Crippen LogP contribution is -2.55. The number of carboxylic acids is 1. The van der Waals surface area contributed by atoms with Crippen molar-refractivity contribution in [1.82, 2.24) is 10.2 Å². The number of rotatable bonds is 7. The minimum atomic E-state index is -1.22. The Morgan fingerprint density at radius 3 is 2.58 bits per heavy atom. The first-order chi connectivity index (χ1) is 11.5. The Morgan fingerprint density at radius 2 is 2.04 bits per heavy atom. The van der Waals surface area contributed by atoms with E-state index < -0.39 is 29.9 Å². The summed E-state index contributed by atoms with van der Waals surface area (Å²) in [5.74, 6) is -0.770. The highest BCUT2D eigenvalue weighted by Crippen LogP contribution is 2.17. The van der Waals surface area contributed by atoms with E-state index in [-0.39, 0.29) is 18.6 Å². The third-order valence-corrected chi connectivity index (χ3v) is 4.88. The van der Waals surface area contributed by atoms with E-state index in [1.807, 2.05) is 6.07 Å². The molecule has 0 aromatic heterocycles. The van der Waals surface area contributed by atoms with Gasteiger partial charge in [0.25, 0.3) is 0 Å². The molecule has 2 atom stereocenters. The highest BCUT2D eigenvalue weighted by atomic mass is 32.2. The first kappa shape index (κ1) is 18.8. The number of aliphatic carboxylic acids is 1. The van der Waals surface area contributed by atoms with Crippen LogP contribution < -0.4 is 5.32 Å². The van der Waals surface area contributed by atoms with Gasteiger partial charge in [0.15, 0.2) is 0 Å². The number of amides is 2. The maximum Gasteiger partial charge on any atom is 0.327 e. The maximum absolute atomic E-state index is 12.7. The molecule has 0 bridgehead atoms. The van der Waals surface area contributed by atoms with Crippen LogP contribution >= 0.6 is 24.4 Å². The number of benzene rings is 1. The predicted molar refractivity (Wildman–Crippen MR) is 96.1 cm³/mol. The van der Waals surface area contributed by atoms with E-state index in [0.29, 0.717) is 11.6 Å². The van der Waals surface area contributed by atoms with Crippen LogP contribution in [0.1, 0.15) is 12.0 Å². The summed E-state index contributed by atoms with van der Waals surface area (Å²) in [5.41, 5.74) is 0.759. The zero-order chi connectivity index (χ0) is 17.5. The summed E-state index contributed by atoms with van der Waals surface area (Å²) in [4.78, 5) is 37.9. The number of thiol groups is 1. The number of imide groups is 1. The molecule has 6 nitrogen and oxygen atoms in total. The maximum atomic E-state index is 12.7. The smallest absolute Gasteiger partial charge is 0.327 e. The monoisotopic (exact) mass is 368 g/mol. The molecule has 1 aromatic rings. The normalized spacial score (nSPS) is 18.1. The third-order valence-electron chi connectivity index (χ3n) is 3.71.